The van der Waals surface area contributed by atoms with E-state index in [0.29, 0.717) is 17.9 Å². The third kappa shape index (κ3) is 4.28. The molecule has 0 aliphatic heterocycles. The lowest BCUT2D eigenvalue weighted by atomic mass is 10.1. The molecule has 0 saturated carbocycles. The normalized spacial score (nSPS) is 10.7. The van der Waals surface area contributed by atoms with Crippen molar-refractivity contribution in [3.05, 3.63) is 35.4 Å². The van der Waals surface area contributed by atoms with E-state index in [2.05, 4.69) is 0 Å². The molecule has 0 aliphatic carbocycles. The smallest absolute Gasteiger partial charge is 0.309 e. The van der Waals surface area contributed by atoms with Gasteiger partial charge in [-0.3, -0.25) is 4.79 Å². The molecule has 0 saturated heterocycles. The highest BCUT2D eigenvalue weighted by Gasteiger charge is 1.99. The second-order valence-corrected chi connectivity index (χ2v) is 3.53. The molecule has 1 aromatic carbocycles. The lowest BCUT2D eigenvalue weighted by Gasteiger charge is -2.03. The van der Waals surface area contributed by atoms with Gasteiger partial charge in [0.15, 0.2) is 0 Å². The van der Waals surface area contributed by atoms with E-state index in [1.54, 1.807) is 31.2 Å². The lowest BCUT2D eigenvalue weighted by molar-refractivity contribution is -0.142. The molecule has 0 bridgehead atoms. The first-order valence-electron chi connectivity index (χ1n) is 5.48. The SMILES string of the molecule is CCOC(=O)CC=Cc1ccc(N)c(CO)c1. The van der Waals surface area contributed by atoms with Gasteiger partial charge < -0.3 is 15.6 Å². The number of hydrogen-bond acceptors (Lipinski definition) is 4. The predicted octanol–water partition coefficient (Wildman–Crippen LogP) is 1.73. The Hall–Kier alpha value is -1.81. The van der Waals surface area contributed by atoms with E-state index in [4.69, 9.17) is 15.6 Å². The highest BCUT2D eigenvalue weighted by molar-refractivity contribution is 5.72. The minimum atomic E-state index is -0.249. The van der Waals surface area contributed by atoms with Crippen LogP contribution in [0.5, 0.6) is 0 Å². The number of anilines is 1. The van der Waals surface area contributed by atoms with Crippen molar-refractivity contribution in [1.82, 2.24) is 0 Å². The molecule has 4 heteroatoms. The van der Waals surface area contributed by atoms with Crippen LogP contribution in [0, 0.1) is 0 Å². The number of aliphatic hydroxyl groups excluding tert-OH is 1. The first-order chi connectivity index (χ1) is 8.17. The molecule has 0 amide bonds. The van der Waals surface area contributed by atoms with Crippen molar-refractivity contribution in [3.63, 3.8) is 0 Å². The summed E-state index contributed by atoms with van der Waals surface area (Å²) in [6, 6.07) is 5.35. The van der Waals surface area contributed by atoms with Crippen molar-refractivity contribution >= 4 is 17.7 Å². The molecule has 92 valence electrons. The number of hydrogen-bond donors (Lipinski definition) is 2. The summed E-state index contributed by atoms with van der Waals surface area (Å²) in [5, 5.41) is 9.05. The zero-order valence-electron chi connectivity index (χ0n) is 9.85. The molecule has 0 aromatic heterocycles. The maximum Gasteiger partial charge on any atom is 0.309 e. The summed E-state index contributed by atoms with van der Waals surface area (Å²) in [7, 11) is 0. The van der Waals surface area contributed by atoms with Gasteiger partial charge in [0.1, 0.15) is 0 Å². The number of carbonyl (C=O) groups excluding carboxylic acids is 1. The molecule has 0 radical (unpaired) electrons. The average Bonchev–Trinajstić information content (AvgIpc) is 2.31. The summed E-state index contributed by atoms with van der Waals surface area (Å²) in [6.45, 7) is 2.07. The van der Waals surface area contributed by atoms with Crippen LogP contribution in [-0.4, -0.2) is 17.7 Å². The minimum absolute atomic E-state index is 0.0919. The second kappa shape index (κ2) is 6.70. The number of rotatable bonds is 5. The van der Waals surface area contributed by atoms with Crippen molar-refractivity contribution in [2.75, 3.05) is 12.3 Å². The van der Waals surface area contributed by atoms with Crippen molar-refractivity contribution in [2.45, 2.75) is 20.0 Å². The molecule has 1 rings (SSSR count). The molecule has 0 fully saturated rings. The van der Waals surface area contributed by atoms with Gasteiger partial charge in [0.05, 0.1) is 19.6 Å². The Morgan fingerprint density at radius 1 is 1.53 bits per heavy atom. The Labute approximate surface area is 101 Å². The van der Waals surface area contributed by atoms with Crippen LogP contribution in [0.15, 0.2) is 24.3 Å². The van der Waals surface area contributed by atoms with E-state index in [1.165, 1.54) is 0 Å². The number of esters is 1. The first kappa shape index (κ1) is 13.3. The minimum Gasteiger partial charge on any atom is -0.466 e. The predicted molar refractivity (Wildman–Crippen MR) is 67.1 cm³/mol. The Morgan fingerprint density at radius 3 is 2.94 bits per heavy atom. The summed E-state index contributed by atoms with van der Waals surface area (Å²) in [6.07, 6.45) is 3.77. The number of ether oxygens (including phenoxy) is 1. The van der Waals surface area contributed by atoms with Gasteiger partial charge in [-0.1, -0.05) is 18.2 Å². The van der Waals surface area contributed by atoms with Gasteiger partial charge in [-0.05, 0) is 24.6 Å². The van der Waals surface area contributed by atoms with Gasteiger partial charge in [-0.25, -0.2) is 0 Å². The van der Waals surface area contributed by atoms with Crippen molar-refractivity contribution in [1.29, 1.82) is 0 Å². The number of nitrogens with two attached hydrogens (primary N) is 1. The lowest BCUT2D eigenvalue weighted by Crippen LogP contribution is -2.01. The van der Waals surface area contributed by atoms with Crippen LogP contribution in [0.25, 0.3) is 6.08 Å². The summed E-state index contributed by atoms with van der Waals surface area (Å²) in [5.74, 6) is -0.249. The molecule has 0 unspecified atom stereocenters. The van der Waals surface area contributed by atoms with E-state index in [-0.39, 0.29) is 19.0 Å². The van der Waals surface area contributed by atoms with E-state index in [9.17, 15) is 4.79 Å². The molecule has 0 atom stereocenters. The fraction of sp³-hybridized carbons (Fsp3) is 0.308. The van der Waals surface area contributed by atoms with E-state index >= 15 is 0 Å². The Morgan fingerprint density at radius 2 is 2.29 bits per heavy atom. The van der Waals surface area contributed by atoms with Gasteiger partial charge in [0, 0.05) is 11.3 Å². The van der Waals surface area contributed by atoms with Crippen molar-refractivity contribution < 1.29 is 14.6 Å². The van der Waals surface area contributed by atoms with Gasteiger partial charge >= 0.3 is 5.97 Å². The summed E-state index contributed by atoms with van der Waals surface area (Å²) in [5.41, 5.74) is 7.80. The van der Waals surface area contributed by atoms with Gasteiger partial charge in [0.2, 0.25) is 0 Å². The van der Waals surface area contributed by atoms with Crippen molar-refractivity contribution in [3.8, 4) is 0 Å². The summed E-state index contributed by atoms with van der Waals surface area (Å²) < 4.78 is 4.79. The molecular formula is C13H17NO3. The van der Waals surface area contributed by atoms with Crippen LogP contribution < -0.4 is 5.73 Å². The summed E-state index contributed by atoms with van der Waals surface area (Å²) >= 11 is 0. The van der Waals surface area contributed by atoms with E-state index in [0.717, 1.165) is 5.56 Å². The maximum absolute atomic E-state index is 11.1. The fourth-order valence-electron chi connectivity index (χ4n) is 1.38. The third-order valence-electron chi connectivity index (χ3n) is 2.24. The third-order valence-corrected chi connectivity index (χ3v) is 2.24. The van der Waals surface area contributed by atoms with E-state index in [1.807, 2.05) is 6.07 Å². The molecule has 0 aliphatic rings. The molecule has 0 spiro atoms. The molecule has 0 heterocycles. The quantitative estimate of drug-likeness (QED) is 0.602. The molecule has 4 nitrogen and oxygen atoms in total. The standard InChI is InChI=1S/C13H17NO3/c1-2-17-13(16)5-3-4-10-6-7-12(14)11(8-10)9-15/h3-4,6-8,15H,2,5,9,14H2,1H3. The van der Waals surface area contributed by atoms with Crippen molar-refractivity contribution in [2.24, 2.45) is 0 Å². The number of aliphatic hydroxyl groups is 1. The zero-order valence-corrected chi connectivity index (χ0v) is 9.85. The average molecular weight is 235 g/mol. The zero-order chi connectivity index (χ0) is 12.7. The molecule has 17 heavy (non-hydrogen) atoms. The Kier molecular flexibility index (Phi) is 5.23. The molecule has 1 aromatic rings. The monoisotopic (exact) mass is 235 g/mol. The van der Waals surface area contributed by atoms with E-state index < -0.39 is 0 Å². The summed E-state index contributed by atoms with van der Waals surface area (Å²) in [4.78, 5) is 11.1. The Bertz CT molecular complexity index is 413. The van der Waals surface area contributed by atoms with Gasteiger partial charge in [-0.15, -0.1) is 0 Å². The van der Waals surface area contributed by atoms with Crippen LogP contribution >= 0.6 is 0 Å². The number of nitrogen functional groups attached to an aromatic ring is 1. The fourth-order valence-corrected chi connectivity index (χ4v) is 1.38. The molecular weight excluding hydrogens is 218 g/mol. The topological polar surface area (TPSA) is 72.5 Å². The van der Waals surface area contributed by atoms with Crippen LogP contribution in [0.4, 0.5) is 5.69 Å². The number of benzene rings is 1. The van der Waals surface area contributed by atoms with Crippen LogP contribution in [0.2, 0.25) is 0 Å². The van der Waals surface area contributed by atoms with Crippen LogP contribution in [0.1, 0.15) is 24.5 Å². The maximum atomic E-state index is 11.1. The molecule has 3 N–H and O–H groups in total. The number of carbonyl (C=O) groups is 1. The van der Waals surface area contributed by atoms with Gasteiger partial charge in [0.25, 0.3) is 0 Å². The second-order valence-electron chi connectivity index (χ2n) is 3.53. The first-order valence-corrected chi connectivity index (χ1v) is 5.48. The Balaban J connectivity index is 2.62. The highest BCUT2D eigenvalue weighted by atomic mass is 16.5. The largest absolute Gasteiger partial charge is 0.466 e. The van der Waals surface area contributed by atoms with Gasteiger partial charge in [-0.2, -0.15) is 0 Å². The van der Waals surface area contributed by atoms with Crippen LogP contribution in [-0.2, 0) is 16.1 Å². The highest BCUT2D eigenvalue weighted by Crippen LogP contribution is 2.15. The van der Waals surface area contributed by atoms with Crippen LogP contribution in [0.3, 0.4) is 0 Å².